The molecule has 0 radical (unpaired) electrons. The summed E-state index contributed by atoms with van der Waals surface area (Å²) in [4.78, 5) is 27.9. The van der Waals surface area contributed by atoms with Crippen LogP contribution in [0.25, 0.3) is 23.0 Å². The van der Waals surface area contributed by atoms with Gasteiger partial charge in [0.05, 0.1) is 11.9 Å². The molecule has 140 valence electrons. The maximum absolute atomic E-state index is 11.8. The van der Waals surface area contributed by atoms with Crippen molar-refractivity contribution in [3.8, 4) is 17.0 Å². The summed E-state index contributed by atoms with van der Waals surface area (Å²) in [5.41, 5.74) is 2.84. The number of anilines is 1. The number of phenolic OH excluding ortho intramolecular Hbond substituents is 1. The summed E-state index contributed by atoms with van der Waals surface area (Å²) in [7, 11) is 0. The highest BCUT2D eigenvalue weighted by Gasteiger charge is 2.25. The van der Waals surface area contributed by atoms with E-state index in [0.29, 0.717) is 22.9 Å². The van der Waals surface area contributed by atoms with Crippen LogP contribution < -0.4 is 16.0 Å². The number of aromatic nitrogens is 3. The molecule has 0 bridgehead atoms. The highest BCUT2D eigenvalue weighted by Crippen LogP contribution is 2.29. The number of phenols is 1. The molecule has 9 heteroatoms. The SMILES string of the molecule is O=C1NC(=O)/C(=C/c2cnn3c(NC4CC4)cc(-c4ccc(O)cc4)nc23)N1. The van der Waals surface area contributed by atoms with Gasteiger partial charge < -0.3 is 15.7 Å². The first-order valence-corrected chi connectivity index (χ1v) is 8.85. The van der Waals surface area contributed by atoms with Gasteiger partial charge in [0.2, 0.25) is 0 Å². The minimum absolute atomic E-state index is 0.147. The number of fused-ring (bicyclic) bond motifs is 1. The number of imide groups is 1. The lowest BCUT2D eigenvalue weighted by Crippen LogP contribution is -2.22. The van der Waals surface area contributed by atoms with E-state index < -0.39 is 11.9 Å². The lowest BCUT2D eigenvalue weighted by atomic mass is 10.1. The number of carbonyl (C=O) groups excluding carboxylic acids is 2. The van der Waals surface area contributed by atoms with Crippen molar-refractivity contribution in [2.24, 2.45) is 0 Å². The van der Waals surface area contributed by atoms with Gasteiger partial charge >= 0.3 is 6.03 Å². The Balaban J connectivity index is 1.65. The first kappa shape index (κ1) is 16.3. The summed E-state index contributed by atoms with van der Waals surface area (Å²) in [5, 5.41) is 22.0. The molecule has 0 spiro atoms. The molecule has 3 amide bonds. The van der Waals surface area contributed by atoms with Crippen molar-refractivity contribution in [3.63, 3.8) is 0 Å². The van der Waals surface area contributed by atoms with Crippen molar-refractivity contribution >= 4 is 29.5 Å². The third-order valence-corrected chi connectivity index (χ3v) is 4.61. The Kier molecular flexibility index (Phi) is 3.54. The predicted molar refractivity (Wildman–Crippen MR) is 101 cm³/mol. The first-order chi connectivity index (χ1) is 13.6. The monoisotopic (exact) mass is 376 g/mol. The number of carbonyl (C=O) groups is 2. The first-order valence-electron chi connectivity index (χ1n) is 8.85. The smallest absolute Gasteiger partial charge is 0.326 e. The molecule has 1 saturated carbocycles. The quantitative estimate of drug-likeness (QED) is 0.407. The summed E-state index contributed by atoms with van der Waals surface area (Å²) in [6.45, 7) is 0. The van der Waals surface area contributed by atoms with Gasteiger partial charge in [-0.25, -0.2) is 9.78 Å². The zero-order valence-corrected chi connectivity index (χ0v) is 14.6. The van der Waals surface area contributed by atoms with E-state index in [9.17, 15) is 14.7 Å². The average molecular weight is 376 g/mol. The van der Waals surface area contributed by atoms with Crippen LogP contribution in [0.15, 0.2) is 42.2 Å². The molecule has 2 fully saturated rings. The fourth-order valence-electron chi connectivity index (χ4n) is 3.04. The molecule has 1 aromatic carbocycles. The van der Waals surface area contributed by atoms with Gasteiger partial charge in [0.15, 0.2) is 5.65 Å². The molecule has 3 aromatic rings. The second-order valence-corrected chi connectivity index (χ2v) is 6.79. The summed E-state index contributed by atoms with van der Waals surface area (Å²) < 4.78 is 1.68. The van der Waals surface area contributed by atoms with Crippen LogP contribution in [0, 0.1) is 0 Å². The van der Waals surface area contributed by atoms with E-state index in [0.717, 1.165) is 24.2 Å². The summed E-state index contributed by atoms with van der Waals surface area (Å²) >= 11 is 0. The molecule has 1 saturated heterocycles. The highest BCUT2D eigenvalue weighted by atomic mass is 16.3. The lowest BCUT2D eigenvalue weighted by Gasteiger charge is -2.10. The maximum atomic E-state index is 11.8. The van der Waals surface area contributed by atoms with Gasteiger partial charge in [-0.3, -0.25) is 10.1 Å². The maximum Gasteiger partial charge on any atom is 0.326 e. The van der Waals surface area contributed by atoms with Crippen molar-refractivity contribution in [2.45, 2.75) is 18.9 Å². The van der Waals surface area contributed by atoms with Gasteiger partial charge in [0.25, 0.3) is 5.91 Å². The Morgan fingerprint density at radius 3 is 2.64 bits per heavy atom. The molecular formula is C19H16N6O3. The number of amides is 3. The molecule has 0 unspecified atom stereocenters. The summed E-state index contributed by atoms with van der Waals surface area (Å²) in [5.74, 6) is 0.481. The van der Waals surface area contributed by atoms with Crippen molar-refractivity contribution in [1.29, 1.82) is 0 Å². The largest absolute Gasteiger partial charge is 0.508 e. The van der Waals surface area contributed by atoms with E-state index in [-0.39, 0.29) is 11.4 Å². The Morgan fingerprint density at radius 2 is 1.96 bits per heavy atom. The molecule has 1 aliphatic carbocycles. The minimum atomic E-state index is -0.554. The minimum Gasteiger partial charge on any atom is -0.508 e. The number of hydrogen-bond acceptors (Lipinski definition) is 6. The van der Waals surface area contributed by atoms with Gasteiger partial charge in [-0.15, -0.1) is 0 Å². The van der Waals surface area contributed by atoms with Gasteiger partial charge in [-0.1, -0.05) is 0 Å². The third kappa shape index (κ3) is 2.92. The van der Waals surface area contributed by atoms with Crippen LogP contribution in [0.1, 0.15) is 18.4 Å². The molecule has 4 N–H and O–H groups in total. The van der Waals surface area contributed by atoms with E-state index in [1.54, 1.807) is 41.1 Å². The Labute approximate surface area is 159 Å². The molecule has 2 aromatic heterocycles. The fraction of sp³-hybridized carbons (Fsp3) is 0.158. The van der Waals surface area contributed by atoms with E-state index in [4.69, 9.17) is 4.98 Å². The Morgan fingerprint density at radius 1 is 1.18 bits per heavy atom. The van der Waals surface area contributed by atoms with E-state index in [2.05, 4.69) is 21.0 Å². The number of hydrogen-bond donors (Lipinski definition) is 4. The fourth-order valence-corrected chi connectivity index (χ4v) is 3.04. The Bertz CT molecular complexity index is 1140. The lowest BCUT2D eigenvalue weighted by molar-refractivity contribution is -0.115. The zero-order chi connectivity index (χ0) is 19.3. The number of urea groups is 1. The van der Waals surface area contributed by atoms with Gasteiger partial charge in [0.1, 0.15) is 17.3 Å². The third-order valence-electron chi connectivity index (χ3n) is 4.61. The van der Waals surface area contributed by atoms with Crippen molar-refractivity contribution < 1.29 is 14.7 Å². The van der Waals surface area contributed by atoms with E-state index in [1.165, 1.54) is 0 Å². The Hall–Kier alpha value is -3.88. The second kappa shape index (κ2) is 6.08. The molecule has 3 heterocycles. The van der Waals surface area contributed by atoms with Crippen molar-refractivity contribution in [3.05, 3.63) is 47.8 Å². The number of benzene rings is 1. The van der Waals surface area contributed by atoms with E-state index >= 15 is 0 Å². The van der Waals surface area contributed by atoms with Gasteiger partial charge in [-0.05, 0) is 43.2 Å². The van der Waals surface area contributed by atoms with Crippen LogP contribution in [0.2, 0.25) is 0 Å². The van der Waals surface area contributed by atoms with Crippen LogP contribution in [-0.4, -0.2) is 37.7 Å². The molecule has 2 aliphatic rings. The normalized spacial score (nSPS) is 17.8. The number of aromatic hydroxyl groups is 1. The summed E-state index contributed by atoms with van der Waals surface area (Å²) in [6.07, 6.45) is 5.36. The molecule has 0 atom stereocenters. The average Bonchev–Trinajstić information content (AvgIpc) is 3.31. The number of nitrogens with one attached hydrogen (secondary N) is 3. The molecule has 1 aliphatic heterocycles. The molecular weight excluding hydrogens is 360 g/mol. The van der Waals surface area contributed by atoms with E-state index in [1.807, 2.05) is 6.07 Å². The van der Waals surface area contributed by atoms with Crippen LogP contribution >= 0.6 is 0 Å². The van der Waals surface area contributed by atoms with Crippen LogP contribution in [0.5, 0.6) is 5.75 Å². The number of rotatable bonds is 4. The van der Waals surface area contributed by atoms with Crippen LogP contribution in [0.4, 0.5) is 10.6 Å². The summed E-state index contributed by atoms with van der Waals surface area (Å²) in [6, 6.07) is 8.54. The number of nitrogens with zero attached hydrogens (tertiary/aromatic N) is 3. The van der Waals surface area contributed by atoms with Crippen LogP contribution in [0.3, 0.4) is 0 Å². The second-order valence-electron chi connectivity index (χ2n) is 6.79. The standard InChI is InChI=1S/C19H16N6O3/c26-13-5-1-10(2-6-13)14-8-16(21-12-3-4-12)25-17(22-14)11(9-20-25)7-15-18(27)24-19(28)23-15/h1-2,5-9,12,21,26H,3-4H2,(H2,23,24,27,28)/b15-7-. The topological polar surface area (TPSA) is 121 Å². The molecule has 5 rings (SSSR count). The molecule has 9 nitrogen and oxygen atoms in total. The van der Waals surface area contributed by atoms with Crippen LogP contribution in [-0.2, 0) is 4.79 Å². The zero-order valence-electron chi connectivity index (χ0n) is 14.6. The van der Waals surface area contributed by atoms with Crippen molar-refractivity contribution in [1.82, 2.24) is 25.2 Å². The molecule has 28 heavy (non-hydrogen) atoms. The van der Waals surface area contributed by atoms with Crippen molar-refractivity contribution in [2.75, 3.05) is 5.32 Å². The van der Waals surface area contributed by atoms with Gasteiger partial charge in [0, 0.05) is 23.2 Å². The highest BCUT2D eigenvalue weighted by molar-refractivity contribution is 6.14. The predicted octanol–water partition coefficient (Wildman–Crippen LogP) is 1.86. The van der Waals surface area contributed by atoms with Gasteiger partial charge in [-0.2, -0.15) is 9.61 Å².